The van der Waals surface area contributed by atoms with Crippen LogP contribution in [0.25, 0.3) is 10.9 Å². The van der Waals surface area contributed by atoms with E-state index in [1.54, 1.807) is 0 Å². The van der Waals surface area contributed by atoms with Crippen LogP contribution in [-0.4, -0.2) is 28.0 Å². The van der Waals surface area contributed by atoms with Crippen molar-refractivity contribution in [3.05, 3.63) is 30.0 Å². The molecule has 1 aromatic heterocycles. The second kappa shape index (κ2) is 5.72. The van der Waals surface area contributed by atoms with Crippen LogP contribution in [0.5, 0.6) is 0 Å². The van der Waals surface area contributed by atoms with Crippen molar-refractivity contribution < 1.29 is 5.11 Å². The zero-order valence-electron chi connectivity index (χ0n) is 11.8. The Kier molecular flexibility index (Phi) is 4.22. The summed E-state index contributed by atoms with van der Waals surface area (Å²) in [4.78, 5) is 0. The molecule has 1 unspecified atom stereocenters. The smallest absolute Gasteiger partial charge is 0.0710 e. The lowest BCUT2D eigenvalue weighted by Gasteiger charge is -2.28. The number of rotatable bonds is 6. The van der Waals surface area contributed by atoms with Crippen LogP contribution in [0.1, 0.15) is 26.0 Å². The van der Waals surface area contributed by atoms with Gasteiger partial charge in [0.25, 0.3) is 0 Å². The lowest BCUT2D eigenvalue weighted by Crippen LogP contribution is -2.36. The second-order valence-electron chi connectivity index (χ2n) is 5.17. The number of benzene rings is 1. The molecule has 0 spiro atoms. The molecule has 1 heterocycles. The van der Waals surface area contributed by atoms with Gasteiger partial charge in [-0.2, -0.15) is 5.10 Å². The SMILES string of the molecule is CCn1nc(CC(CC)(CN)CO)c2ccccc21. The van der Waals surface area contributed by atoms with E-state index in [0.717, 1.165) is 30.6 Å². The van der Waals surface area contributed by atoms with Crippen LogP contribution in [0.4, 0.5) is 0 Å². The molecule has 0 amide bonds. The molecule has 0 fully saturated rings. The van der Waals surface area contributed by atoms with Gasteiger partial charge in [0.05, 0.1) is 17.8 Å². The molecule has 0 radical (unpaired) electrons. The zero-order valence-corrected chi connectivity index (χ0v) is 11.8. The molecule has 3 N–H and O–H groups in total. The Morgan fingerprint density at radius 2 is 2.05 bits per heavy atom. The molecule has 4 nitrogen and oxygen atoms in total. The zero-order chi connectivity index (χ0) is 13.9. The first kappa shape index (κ1) is 14.0. The van der Waals surface area contributed by atoms with Crippen LogP contribution in [0, 0.1) is 5.41 Å². The number of nitrogens with zero attached hydrogens (tertiary/aromatic N) is 2. The molecular formula is C15H23N3O. The Bertz CT molecular complexity index is 535. The van der Waals surface area contributed by atoms with Crippen molar-refractivity contribution in [3.63, 3.8) is 0 Å². The number of fused-ring (bicyclic) bond motifs is 1. The van der Waals surface area contributed by atoms with Gasteiger partial charge in [0.1, 0.15) is 0 Å². The van der Waals surface area contributed by atoms with Crippen LogP contribution in [0.3, 0.4) is 0 Å². The fraction of sp³-hybridized carbons (Fsp3) is 0.533. The van der Waals surface area contributed by atoms with Crippen molar-refractivity contribution in [1.82, 2.24) is 9.78 Å². The first-order valence-corrected chi connectivity index (χ1v) is 6.95. The molecule has 0 aliphatic carbocycles. The minimum Gasteiger partial charge on any atom is -0.396 e. The number of nitrogens with two attached hydrogens (primary N) is 1. The number of aliphatic hydroxyl groups is 1. The summed E-state index contributed by atoms with van der Waals surface area (Å²) in [7, 11) is 0. The van der Waals surface area contributed by atoms with E-state index in [1.165, 1.54) is 5.39 Å². The molecule has 0 aliphatic rings. The van der Waals surface area contributed by atoms with Gasteiger partial charge in [0, 0.05) is 30.3 Å². The first-order chi connectivity index (χ1) is 9.19. The summed E-state index contributed by atoms with van der Waals surface area (Å²) in [6.07, 6.45) is 1.58. The van der Waals surface area contributed by atoms with Gasteiger partial charge in [-0.15, -0.1) is 0 Å². The highest BCUT2D eigenvalue weighted by atomic mass is 16.3. The van der Waals surface area contributed by atoms with Gasteiger partial charge >= 0.3 is 0 Å². The molecule has 2 aromatic rings. The molecular weight excluding hydrogens is 238 g/mol. The summed E-state index contributed by atoms with van der Waals surface area (Å²) in [5.41, 5.74) is 7.80. The summed E-state index contributed by atoms with van der Waals surface area (Å²) in [5.74, 6) is 0. The van der Waals surface area contributed by atoms with Crippen molar-refractivity contribution in [3.8, 4) is 0 Å². The molecule has 2 rings (SSSR count). The molecule has 0 bridgehead atoms. The van der Waals surface area contributed by atoms with Crippen LogP contribution < -0.4 is 5.73 Å². The average molecular weight is 261 g/mol. The molecule has 0 aliphatic heterocycles. The monoisotopic (exact) mass is 261 g/mol. The standard InChI is InChI=1S/C15H23N3O/c1-3-15(10-16,11-19)9-13-12-7-5-6-8-14(12)18(4-2)17-13/h5-8,19H,3-4,9-11,16H2,1-2H3. The maximum absolute atomic E-state index is 9.66. The summed E-state index contributed by atoms with van der Waals surface area (Å²) < 4.78 is 2.01. The number of aromatic nitrogens is 2. The van der Waals surface area contributed by atoms with Crippen molar-refractivity contribution in [1.29, 1.82) is 0 Å². The Morgan fingerprint density at radius 3 is 2.63 bits per heavy atom. The van der Waals surface area contributed by atoms with E-state index in [2.05, 4.69) is 31.1 Å². The molecule has 0 saturated carbocycles. The predicted octanol–water partition coefficient (Wildman–Crippen LogP) is 1.95. The highest BCUT2D eigenvalue weighted by Gasteiger charge is 2.28. The summed E-state index contributed by atoms with van der Waals surface area (Å²) >= 11 is 0. The van der Waals surface area contributed by atoms with E-state index in [1.807, 2.05) is 16.8 Å². The molecule has 104 valence electrons. The first-order valence-electron chi connectivity index (χ1n) is 6.95. The Labute approximate surface area is 114 Å². The van der Waals surface area contributed by atoms with Crippen LogP contribution in [0.2, 0.25) is 0 Å². The van der Waals surface area contributed by atoms with Crippen LogP contribution in [-0.2, 0) is 13.0 Å². The number of aliphatic hydroxyl groups excluding tert-OH is 1. The minimum absolute atomic E-state index is 0.104. The van der Waals surface area contributed by atoms with Crippen LogP contribution in [0.15, 0.2) is 24.3 Å². The van der Waals surface area contributed by atoms with Crippen molar-refractivity contribution in [2.75, 3.05) is 13.2 Å². The van der Waals surface area contributed by atoms with Gasteiger partial charge < -0.3 is 10.8 Å². The third-order valence-electron chi connectivity index (χ3n) is 4.09. The fourth-order valence-corrected chi connectivity index (χ4v) is 2.50. The summed E-state index contributed by atoms with van der Waals surface area (Å²) in [6, 6.07) is 8.24. The average Bonchev–Trinajstić information content (AvgIpc) is 2.83. The Balaban J connectivity index is 2.45. The predicted molar refractivity (Wildman–Crippen MR) is 78.0 cm³/mol. The normalized spacial score (nSPS) is 14.7. The quantitative estimate of drug-likeness (QED) is 0.835. The van der Waals surface area contributed by atoms with Crippen molar-refractivity contribution in [2.24, 2.45) is 11.1 Å². The minimum atomic E-state index is -0.254. The van der Waals surface area contributed by atoms with E-state index in [0.29, 0.717) is 6.54 Å². The Morgan fingerprint density at radius 1 is 1.32 bits per heavy atom. The van der Waals surface area contributed by atoms with Crippen molar-refractivity contribution in [2.45, 2.75) is 33.2 Å². The van der Waals surface area contributed by atoms with Gasteiger partial charge in [0.2, 0.25) is 0 Å². The molecule has 4 heteroatoms. The highest BCUT2D eigenvalue weighted by Crippen LogP contribution is 2.29. The van der Waals surface area contributed by atoms with E-state index >= 15 is 0 Å². The number of hydrogen-bond acceptors (Lipinski definition) is 3. The second-order valence-corrected chi connectivity index (χ2v) is 5.17. The Hall–Kier alpha value is -1.39. The maximum atomic E-state index is 9.66. The van der Waals surface area contributed by atoms with Gasteiger partial charge in [-0.1, -0.05) is 25.1 Å². The lowest BCUT2D eigenvalue weighted by atomic mass is 9.81. The largest absolute Gasteiger partial charge is 0.396 e. The molecule has 0 saturated heterocycles. The third-order valence-corrected chi connectivity index (χ3v) is 4.09. The van der Waals surface area contributed by atoms with E-state index in [9.17, 15) is 5.11 Å². The van der Waals surface area contributed by atoms with Gasteiger partial charge in [0.15, 0.2) is 0 Å². The third kappa shape index (κ3) is 2.51. The van der Waals surface area contributed by atoms with Gasteiger partial charge in [-0.25, -0.2) is 0 Å². The summed E-state index contributed by atoms with van der Waals surface area (Å²) in [6.45, 7) is 5.59. The number of para-hydroxylation sites is 1. The topological polar surface area (TPSA) is 64.1 Å². The van der Waals surface area contributed by atoms with Crippen LogP contribution >= 0.6 is 0 Å². The lowest BCUT2D eigenvalue weighted by molar-refractivity contribution is 0.126. The maximum Gasteiger partial charge on any atom is 0.0710 e. The number of hydrogen-bond donors (Lipinski definition) is 2. The molecule has 1 aromatic carbocycles. The van der Waals surface area contributed by atoms with E-state index < -0.39 is 0 Å². The summed E-state index contributed by atoms with van der Waals surface area (Å²) in [5, 5.41) is 15.5. The molecule has 19 heavy (non-hydrogen) atoms. The van der Waals surface area contributed by atoms with Crippen molar-refractivity contribution >= 4 is 10.9 Å². The van der Waals surface area contributed by atoms with E-state index in [-0.39, 0.29) is 12.0 Å². The fourth-order valence-electron chi connectivity index (χ4n) is 2.50. The molecule has 1 atom stereocenters. The number of aryl methyl sites for hydroxylation is 1. The van der Waals surface area contributed by atoms with E-state index in [4.69, 9.17) is 5.73 Å². The highest BCUT2D eigenvalue weighted by molar-refractivity contribution is 5.82. The van der Waals surface area contributed by atoms with Gasteiger partial charge in [-0.05, 0) is 19.4 Å². The van der Waals surface area contributed by atoms with Gasteiger partial charge in [-0.3, -0.25) is 4.68 Å².